The number of rotatable bonds is 5. The quantitative estimate of drug-likeness (QED) is 0.450. The van der Waals surface area contributed by atoms with Gasteiger partial charge in [-0.3, -0.25) is 14.6 Å². The first-order valence-corrected chi connectivity index (χ1v) is 12.0. The van der Waals surface area contributed by atoms with Crippen molar-refractivity contribution in [3.05, 3.63) is 100 Å². The number of piperazine rings is 1. The molecule has 1 aliphatic heterocycles. The van der Waals surface area contributed by atoms with Crippen LogP contribution in [0.3, 0.4) is 0 Å². The Hall–Kier alpha value is -4.00. The second-order valence-electron chi connectivity index (χ2n) is 9.21. The standard InChI is InChI=1S/C28H29N5O2/c1-20-7-5-9-23(15-20)32-14-13-31(18-21(32)2)27(34)19-33-28(35)25-11-4-3-10-24(25)26(30-33)16-22-8-6-12-29-17-22/h3-12,15,17,21H,13-14,16,18-19H2,1-2H3/t21-/m1/s1. The van der Waals surface area contributed by atoms with Gasteiger partial charge in [0.05, 0.1) is 11.1 Å². The summed E-state index contributed by atoms with van der Waals surface area (Å²) in [5.41, 5.74) is 3.92. The molecule has 1 atom stereocenters. The van der Waals surface area contributed by atoms with E-state index >= 15 is 0 Å². The van der Waals surface area contributed by atoms with E-state index in [9.17, 15) is 9.59 Å². The molecule has 7 heteroatoms. The fraction of sp³-hybridized carbons (Fsp3) is 0.286. The van der Waals surface area contributed by atoms with E-state index < -0.39 is 0 Å². The number of anilines is 1. The lowest BCUT2D eigenvalue weighted by Crippen LogP contribution is -2.54. The van der Waals surface area contributed by atoms with E-state index in [1.807, 2.05) is 35.2 Å². The van der Waals surface area contributed by atoms with E-state index in [1.54, 1.807) is 18.5 Å². The topological polar surface area (TPSA) is 71.3 Å². The fourth-order valence-corrected chi connectivity index (χ4v) is 4.84. The highest BCUT2D eigenvalue weighted by atomic mass is 16.2. The third kappa shape index (κ3) is 4.80. The van der Waals surface area contributed by atoms with Gasteiger partial charge in [-0.2, -0.15) is 5.10 Å². The van der Waals surface area contributed by atoms with Gasteiger partial charge in [0.15, 0.2) is 0 Å². The second kappa shape index (κ2) is 9.70. The third-order valence-electron chi connectivity index (χ3n) is 6.64. The molecule has 0 bridgehead atoms. The molecule has 2 aromatic heterocycles. The predicted molar refractivity (Wildman–Crippen MR) is 138 cm³/mol. The number of fused-ring (bicyclic) bond motifs is 1. The number of aryl methyl sites for hydroxylation is 1. The zero-order valence-corrected chi connectivity index (χ0v) is 20.1. The van der Waals surface area contributed by atoms with Crippen LogP contribution in [0.4, 0.5) is 5.69 Å². The van der Waals surface area contributed by atoms with Gasteiger partial charge in [-0.05, 0) is 49.2 Å². The number of benzene rings is 2. The van der Waals surface area contributed by atoms with Crippen LogP contribution in [-0.4, -0.2) is 51.2 Å². The summed E-state index contributed by atoms with van der Waals surface area (Å²) in [5, 5.41) is 6.03. The lowest BCUT2D eigenvalue weighted by molar-refractivity contribution is -0.132. The Bertz CT molecular complexity index is 1420. The number of carbonyl (C=O) groups is 1. The Labute approximate surface area is 204 Å². The predicted octanol–water partition coefficient (Wildman–Crippen LogP) is 3.43. The van der Waals surface area contributed by atoms with Crippen molar-refractivity contribution in [3.8, 4) is 0 Å². The third-order valence-corrected chi connectivity index (χ3v) is 6.64. The molecule has 1 amide bonds. The van der Waals surface area contributed by atoms with Crippen LogP contribution in [0.5, 0.6) is 0 Å². The van der Waals surface area contributed by atoms with Crippen LogP contribution < -0.4 is 10.5 Å². The van der Waals surface area contributed by atoms with E-state index in [4.69, 9.17) is 0 Å². The smallest absolute Gasteiger partial charge is 0.275 e. The van der Waals surface area contributed by atoms with Gasteiger partial charge in [-0.1, -0.05) is 36.4 Å². The van der Waals surface area contributed by atoms with Gasteiger partial charge in [0, 0.05) is 55.6 Å². The van der Waals surface area contributed by atoms with Gasteiger partial charge in [0.25, 0.3) is 5.56 Å². The van der Waals surface area contributed by atoms with Crippen molar-refractivity contribution in [3.63, 3.8) is 0 Å². The summed E-state index contributed by atoms with van der Waals surface area (Å²) in [6, 6.07) is 19.9. The molecule has 2 aromatic carbocycles. The monoisotopic (exact) mass is 467 g/mol. The number of amides is 1. The van der Waals surface area contributed by atoms with Crippen LogP contribution in [0.2, 0.25) is 0 Å². The zero-order valence-electron chi connectivity index (χ0n) is 20.1. The van der Waals surface area contributed by atoms with Crippen LogP contribution in [0.15, 0.2) is 77.9 Å². The molecule has 178 valence electrons. The van der Waals surface area contributed by atoms with Crippen molar-refractivity contribution in [2.45, 2.75) is 32.9 Å². The minimum Gasteiger partial charge on any atom is -0.365 e. The molecular formula is C28H29N5O2. The Balaban J connectivity index is 1.37. The van der Waals surface area contributed by atoms with Crippen LogP contribution in [0.25, 0.3) is 10.8 Å². The molecule has 0 spiro atoms. The first-order chi connectivity index (χ1) is 17.0. The summed E-state index contributed by atoms with van der Waals surface area (Å²) in [6.07, 6.45) is 4.06. The molecule has 0 aliphatic carbocycles. The molecule has 0 N–H and O–H groups in total. The van der Waals surface area contributed by atoms with E-state index in [2.05, 4.69) is 53.1 Å². The van der Waals surface area contributed by atoms with Crippen LogP contribution in [0.1, 0.15) is 23.7 Å². The molecule has 1 saturated heterocycles. The Kier molecular flexibility index (Phi) is 6.31. The van der Waals surface area contributed by atoms with E-state index in [0.29, 0.717) is 24.9 Å². The minimum atomic E-state index is -0.240. The lowest BCUT2D eigenvalue weighted by Gasteiger charge is -2.41. The van der Waals surface area contributed by atoms with Crippen LogP contribution in [0, 0.1) is 6.92 Å². The van der Waals surface area contributed by atoms with Crippen molar-refractivity contribution in [1.29, 1.82) is 0 Å². The van der Waals surface area contributed by atoms with Crippen molar-refractivity contribution < 1.29 is 4.79 Å². The highest BCUT2D eigenvalue weighted by Crippen LogP contribution is 2.22. The second-order valence-corrected chi connectivity index (χ2v) is 9.21. The largest absolute Gasteiger partial charge is 0.365 e. The molecule has 35 heavy (non-hydrogen) atoms. The number of carbonyl (C=O) groups excluding carboxylic acids is 1. The fourth-order valence-electron chi connectivity index (χ4n) is 4.84. The summed E-state index contributed by atoms with van der Waals surface area (Å²) >= 11 is 0. The molecule has 1 aliphatic rings. The maximum atomic E-state index is 13.3. The number of hydrogen-bond donors (Lipinski definition) is 0. The lowest BCUT2D eigenvalue weighted by atomic mass is 10.1. The Morgan fingerprint density at radius 1 is 1.03 bits per heavy atom. The summed E-state index contributed by atoms with van der Waals surface area (Å²) in [4.78, 5) is 34.8. The summed E-state index contributed by atoms with van der Waals surface area (Å²) in [5.74, 6) is -0.0852. The maximum Gasteiger partial charge on any atom is 0.275 e. The van der Waals surface area contributed by atoms with Crippen molar-refractivity contribution in [1.82, 2.24) is 19.7 Å². The molecular weight excluding hydrogens is 438 g/mol. The molecule has 4 aromatic rings. The van der Waals surface area contributed by atoms with Gasteiger partial charge in [0.1, 0.15) is 6.54 Å². The average molecular weight is 468 g/mol. The van der Waals surface area contributed by atoms with Gasteiger partial charge < -0.3 is 9.80 Å². The molecule has 5 rings (SSSR count). The summed E-state index contributed by atoms with van der Waals surface area (Å²) in [6.45, 7) is 6.13. The van der Waals surface area contributed by atoms with E-state index in [1.165, 1.54) is 15.9 Å². The highest BCUT2D eigenvalue weighted by Gasteiger charge is 2.27. The SMILES string of the molecule is Cc1cccc(N2CCN(C(=O)Cn3nc(Cc4cccnc4)c4ccccc4c3=O)C[C@H]2C)c1. The average Bonchev–Trinajstić information content (AvgIpc) is 2.87. The molecule has 0 unspecified atom stereocenters. The molecule has 3 heterocycles. The summed E-state index contributed by atoms with van der Waals surface area (Å²) in [7, 11) is 0. The van der Waals surface area contributed by atoms with Gasteiger partial charge in [-0.25, -0.2) is 4.68 Å². The van der Waals surface area contributed by atoms with Crippen molar-refractivity contribution >= 4 is 22.4 Å². The molecule has 1 fully saturated rings. The van der Waals surface area contributed by atoms with Crippen LogP contribution >= 0.6 is 0 Å². The number of pyridine rings is 1. The van der Waals surface area contributed by atoms with Gasteiger partial charge in [0.2, 0.25) is 5.91 Å². The zero-order chi connectivity index (χ0) is 24.4. The normalized spacial score (nSPS) is 16.0. The van der Waals surface area contributed by atoms with Crippen LogP contribution in [-0.2, 0) is 17.8 Å². The maximum absolute atomic E-state index is 13.3. The Morgan fingerprint density at radius 2 is 1.86 bits per heavy atom. The molecule has 0 radical (unpaired) electrons. The van der Waals surface area contributed by atoms with Crippen molar-refractivity contribution in [2.24, 2.45) is 0 Å². The van der Waals surface area contributed by atoms with Gasteiger partial charge in [-0.15, -0.1) is 0 Å². The number of aromatic nitrogens is 3. The van der Waals surface area contributed by atoms with Gasteiger partial charge >= 0.3 is 0 Å². The van der Waals surface area contributed by atoms with Crippen molar-refractivity contribution in [2.75, 3.05) is 24.5 Å². The molecule has 7 nitrogen and oxygen atoms in total. The van der Waals surface area contributed by atoms with E-state index in [0.717, 1.165) is 23.2 Å². The number of hydrogen-bond acceptors (Lipinski definition) is 5. The first-order valence-electron chi connectivity index (χ1n) is 12.0. The number of nitrogens with zero attached hydrogens (tertiary/aromatic N) is 5. The first kappa shape index (κ1) is 22.8. The Morgan fingerprint density at radius 3 is 2.60 bits per heavy atom. The highest BCUT2D eigenvalue weighted by molar-refractivity contribution is 5.84. The molecule has 0 saturated carbocycles. The summed E-state index contributed by atoms with van der Waals surface area (Å²) < 4.78 is 1.33. The van der Waals surface area contributed by atoms with E-state index in [-0.39, 0.29) is 24.1 Å². The minimum absolute atomic E-state index is 0.0686.